The van der Waals surface area contributed by atoms with Crippen LogP contribution >= 0.6 is 0 Å². The van der Waals surface area contributed by atoms with Crippen LogP contribution in [0.25, 0.3) is 0 Å². The lowest BCUT2D eigenvalue weighted by molar-refractivity contribution is 0.0240. The molecule has 0 spiro atoms. The summed E-state index contributed by atoms with van der Waals surface area (Å²) < 4.78 is 38.3. The number of hydrogen-bond acceptors (Lipinski definition) is 4. The Morgan fingerprint density at radius 2 is 1.61 bits per heavy atom. The molecule has 0 aromatic heterocycles. The molecule has 6 heteroatoms. The Balaban J connectivity index is 1.20. The average molecular weight is 389 g/mol. The summed E-state index contributed by atoms with van der Waals surface area (Å²) in [6, 6.07) is 9.15. The number of benzene rings is 2. The van der Waals surface area contributed by atoms with Crippen molar-refractivity contribution in [2.45, 2.75) is 50.4 Å². The summed E-state index contributed by atoms with van der Waals surface area (Å²) in [5.41, 5.74) is 1.78. The van der Waals surface area contributed by atoms with Crippen LogP contribution in [0.4, 0.5) is 8.78 Å². The van der Waals surface area contributed by atoms with Gasteiger partial charge >= 0.3 is 0 Å². The molecule has 2 aliphatic heterocycles. The van der Waals surface area contributed by atoms with E-state index >= 15 is 0 Å². The molecule has 0 aliphatic carbocycles. The predicted octanol–water partition coefficient (Wildman–Crippen LogP) is 3.39. The first-order valence-corrected chi connectivity index (χ1v) is 9.87. The standard InChI is InChI=1S/C22H25F2NO3/c23-16-3-7-20-14(11-16)1-5-18(27-20)9-10-25-13-19(26)22-6-2-15-12-17(24)4-8-21(15)28-22/h3-4,7-8,11-12,18-19,22,25-26H,1-2,5-6,9-10,13H2. The molecule has 28 heavy (non-hydrogen) atoms. The van der Waals surface area contributed by atoms with E-state index in [4.69, 9.17) is 9.47 Å². The number of nitrogens with one attached hydrogen (secondary N) is 1. The summed E-state index contributed by atoms with van der Waals surface area (Å²) in [5.74, 6) is 0.931. The number of aliphatic hydroxyl groups excluding tert-OH is 1. The van der Waals surface area contributed by atoms with Crippen molar-refractivity contribution in [1.82, 2.24) is 5.32 Å². The van der Waals surface area contributed by atoms with Gasteiger partial charge in [-0.25, -0.2) is 8.78 Å². The first-order chi connectivity index (χ1) is 13.6. The monoisotopic (exact) mass is 389 g/mol. The minimum Gasteiger partial charge on any atom is -0.490 e. The summed E-state index contributed by atoms with van der Waals surface area (Å²) in [5, 5.41) is 13.7. The Morgan fingerprint density at radius 1 is 0.964 bits per heavy atom. The van der Waals surface area contributed by atoms with E-state index in [-0.39, 0.29) is 23.8 Å². The van der Waals surface area contributed by atoms with Crippen LogP contribution in [0.3, 0.4) is 0 Å². The molecule has 0 fully saturated rings. The third-order valence-corrected chi connectivity index (χ3v) is 5.48. The Kier molecular flexibility index (Phi) is 5.78. The van der Waals surface area contributed by atoms with Crippen LogP contribution in [0.15, 0.2) is 36.4 Å². The summed E-state index contributed by atoms with van der Waals surface area (Å²) in [6.45, 7) is 1.14. The first-order valence-electron chi connectivity index (χ1n) is 9.87. The van der Waals surface area contributed by atoms with E-state index in [1.54, 1.807) is 12.1 Å². The van der Waals surface area contributed by atoms with E-state index in [9.17, 15) is 13.9 Å². The van der Waals surface area contributed by atoms with E-state index in [1.807, 2.05) is 0 Å². The van der Waals surface area contributed by atoms with Crippen LogP contribution in [0.1, 0.15) is 30.4 Å². The second kappa shape index (κ2) is 8.45. The highest BCUT2D eigenvalue weighted by Crippen LogP contribution is 2.30. The van der Waals surface area contributed by atoms with Crippen molar-refractivity contribution in [3.05, 3.63) is 59.2 Å². The maximum atomic E-state index is 13.3. The van der Waals surface area contributed by atoms with Crippen molar-refractivity contribution >= 4 is 0 Å². The third kappa shape index (κ3) is 4.45. The molecule has 3 unspecified atom stereocenters. The van der Waals surface area contributed by atoms with Crippen LogP contribution in [0.2, 0.25) is 0 Å². The molecule has 0 radical (unpaired) electrons. The van der Waals surface area contributed by atoms with Gasteiger partial charge in [0.2, 0.25) is 0 Å². The molecule has 2 heterocycles. The molecule has 3 atom stereocenters. The normalized spacial score (nSPS) is 21.8. The molecule has 2 aromatic rings. The van der Waals surface area contributed by atoms with Crippen LogP contribution in [0, 0.1) is 11.6 Å². The Bertz CT molecular complexity index is 829. The van der Waals surface area contributed by atoms with Crippen molar-refractivity contribution in [2.75, 3.05) is 13.1 Å². The summed E-state index contributed by atoms with van der Waals surface area (Å²) in [4.78, 5) is 0. The van der Waals surface area contributed by atoms with Gasteiger partial charge in [-0.3, -0.25) is 0 Å². The molecular weight excluding hydrogens is 364 g/mol. The molecule has 0 saturated carbocycles. The molecule has 2 N–H and O–H groups in total. The van der Waals surface area contributed by atoms with E-state index in [2.05, 4.69) is 5.32 Å². The quantitative estimate of drug-likeness (QED) is 0.744. The van der Waals surface area contributed by atoms with Gasteiger partial charge in [-0.1, -0.05) is 0 Å². The smallest absolute Gasteiger partial charge is 0.126 e. The highest BCUT2D eigenvalue weighted by Gasteiger charge is 2.26. The number of halogens is 2. The fourth-order valence-electron chi connectivity index (χ4n) is 3.91. The molecule has 4 rings (SSSR count). The molecule has 0 amide bonds. The Hall–Kier alpha value is -2.18. The lowest BCUT2D eigenvalue weighted by atomic mass is 9.98. The average Bonchev–Trinajstić information content (AvgIpc) is 2.70. The molecule has 150 valence electrons. The zero-order valence-electron chi connectivity index (χ0n) is 15.7. The van der Waals surface area contributed by atoms with Gasteiger partial charge in [-0.2, -0.15) is 0 Å². The number of ether oxygens (including phenoxy) is 2. The molecule has 2 aromatic carbocycles. The van der Waals surface area contributed by atoms with E-state index in [0.717, 1.165) is 36.1 Å². The van der Waals surface area contributed by atoms with Gasteiger partial charge in [0.05, 0.1) is 0 Å². The topological polar surface area (TPSA) is 50.7 Å². The lowest BCUT2D eigenvalue weighted by Crippen LogP contribution is -2.42. The highest BCUT2D eigenvalue weighted by atomic mass is 19.1. The van der Waals surface area contributed by atoms with E-state index in [1.165, 1.54) is 24.3 Å². The van der Waals surface area contributed by atoms with Crippen molar-refractivity contribution in [2.24, 2.45) is 0 Å². The molecule has 0 saturated heterocycles. The number of rotatable bonds is 6. The van der Waals surface area contributed by atoms with Crippen molar-refractivity contribution in [3.8, 4) is 11.5 Å². The van der Waals surface area contributed by atoms with Gasteiger partial charge in [-0.15, -0.1) is 0 Å². The Morgan fingerprint density at radius 3 is 2.32 bits per heavy atom. The van der Waals surface area contributed by atoms with Crippen LogP contribution < -0.4 is 14.8 Å². The number of aryl methyl sites for hydroxylation is 2. The van der Waals surface area contributed by atoms with E-state index in [0.29, 0.717) is 31.7 Å². The van der Waals surface area contributed by atoms with E-state index < -0.39 is 6.10 Å². The summed E-state index contributed by atoms with van der Waals surface area (Å²) in [7, 11) is 0. The minimum atomic E-state index is -0.630. The van der Waals surface area contributed by atoms with Crippen molar-refractivity contribution < 1.29 is 23.4 Å². The number of aliphatic hydroxyl groups is 1. The second-order valence-electron chi connectivity index (χ2n) is 7.54. The molecule has 0 bridgehead atoms. The fraction of sp³-hybridized carbons (Fsp3) is 0.455. The predicted molar refractivity (Wildman–Crippen MR) is 102 cm³/mol. The largest absolute Gasteiger partial charge is 0.490 e. The summed E-state index contributed by atoms with van der Waals surface area (Å²) in [6.07, 6.45) is 3.03. The minimum absolute atomic E-state index is 0.0929. The number of fused-ring (bicyclic) bond motifs is 2. The highest BCUT2D eigenvalue weighted by molar-refractivity contribution is 5.36. The molecular formula is C22H25F2NO3. The number of hydrogen-bond donors (Lipinski definition) is 2. The zero-order valence-corrected chi connectivity index (χ0v) is 15.7. The maximum Gasteiger partial charge on any atom is 0.126 e. The van der Waals surface area contributed by atoms with Crippen molar-refractivity contribution in [1.29, 1.82) is 0 Å². The first kappa shape index (κ1) is 19.2. The maximum absolute atomic E-state index is 13.3. The summed E-state index contributed by atoms with van der Waals surface area (Å²) >= 11 is 0. The van der Waals surface area contributed by atoms with Gasteiger partial charge in [0.25, 0.3) is 0 Å². The van der Waals surface area contributed by atoms with Gasteiger partial charge in [-0.05, 0) is 86.2 Å². The van der Waals surface area contributed by atoms with Crippen molar-refractivity contribution in [3.63, 3.8) is 0 Å². The van der Waals surface area contributed by atoms with Crippen LogP contribution in [-0.4, -0.2) is 36.5 Å². The fourth-order valence-corrected chi connectivity index (χ4v) is 3.91. The van der Waals surface area contributed by atoms with Gasteiger partial charge in [0, 0.05) is 6.54 Å². The van der Waals surface area contributed by atoms with Gasteiger partial charge in [0.15, 0.2) is 0 Å². The van der Waals surface area contributed by atoms with Crippen LogP contribution in [0.5, 0.6) is 11.5 Å². The van der Waals surface area contributed by atoms with Gasteiger partial charge < -0.3 is 19.9 Å². The third-order valence-electron chi connectivity index (χ3n) is 5.48. The van der Waals surface area contributed by atoms with Crippen LogP contribution in [-0.2, 0) is 12.8 Å². The van der Waals surface area contributed by atoms with Gasteiger partial charge in [0.1, 0.15) is 41.4 Å². The molecule has 2 aliphatic rings. The zero-order chi connectivity index (χ0) is 19.5. The lowest BCUT2D eigenvalue weighted by Gasteiger charge is -2.30. The second-order valence-corrected chi connectivity index (χ2v) is 7.54. The SMILES string of the molecule is OC(CNCCC1CCc2cc(F)ccc2O1)C1CCc2cc(F)ccc2O1. The molecule has 4 nitrogen and oxygen atoms in total. The Labute approximate surface area is 163 Å².